The van der Waals surface area contributed by atoms with Gasteiger partial charge in [0.2, 0.25) is 0 Å². The van der Waals surface area contributed by atoms with Crippen LogP contribution in [0.15, 0.2) is 29.3 Å². The summed E-state index contributed by atoms with van der Waals surface area (Å²) in [4.78, 5) is 5.69. The smallest absolute Gasteiger partial charge is 0.405 e. The van der Waals surface area contributed by atoms with Gasteiger partial charge in [0.25, 0.3) is 0 Å². The Morgan fingerprint density at radius 2 is 1.94 bits per heavy atom. The molecule has 6 heteroatoms. The van der Waals surface area contributed by atoms with Crippen molar-refractivity contribution in [3.63, 3.8) is 0 Å². The van der Waals surface area contributed by atoms with Gasteiger partial charge < -0.3 is 9.64 Å². The predicted octanol–water partition coefficient (Wildman–Crippen LogP) is 2.68. The molecule has 0 aliphatic heterocycles. The van der Waals surface area contributed by atoms with Gasteiger partial charge in [-0.15, -0.1) is 13.2 Å². The van der Waals surface area contributed by atoms with E-state index < -0.39 is 6.36 Å². The summed E-state index contributed by atoms with van der Waals surface area (Å²) in [5.41, 5.74) is 0.392. The van der Waals surface area contributed by atoms with Crippen LogP contribution in [0.3, 0.4) is 0 Å². The van der Waals surface area contributed by atoms with Gasteiger partial charge >= 0.3 is 6.36 Å². The Bertz CT molecular complexity index is 389. The van der Waals surface area contributed by atoms with Crippen LogP contribution in [0.1, 0.15) is 5.56 Å². The minimum Gasteiger partial charge on any atom is -0.405 e. The van der Waals surface area contributed by atoms with Gasteiger partial charge in [0, 0.05) is 19.7 Å². The lowest BCUT2D eigenvalue weighted by Gasteiger charge is -2.12. The minimum absolute atomic E-state index is 0.143. The fraction of sp³-hybridized carbons (Fsp3) is 0.364. The Morgan fingerprint density at radius 3 is 2.53 bits per heavy atom. The van der Waals surface area contributed by atoms with Crippen LogP contribution in [0, 0.1) is 0 Å². The van der Waals surface area contributed by atoms with E-state index >= 15 is 0 Å². The number of ether oxygens (including phenoxy) is 1. The molecular weight excluding hydrogens is 233 g/mol. The van der Waals surface area contributed by atoms with E-state index in [0.29, 0.717) is 5.56 Å². The molecule has 0 fully saturated rings. The highest BCUT2D eigenvalue weighted by atomic mass is 19.4. The molecule has 0 unspecified atom stereocenters. The summed E-state index contributed by atoms with van der Waals surface area (Å²) < 4.78 is 40.2. The number of aliphatic imine (C=N–C) groups is 1. The van der Waals surface area contributed by atoms with Gasteiger partial charge in [-0.25, -0.2) is 0 Å². The lowest BCUT2D eigenvalue weighted by Crippen LogP contribution is -2.18. The van der Waals surface area contributed by atoms with Crippen LogP contribution < -0.4 is 4.74 Å². The number of halogens is 3. The Morgan fingerprint density at radius 1 is 1.29 bits per heavy atom. The highest BCUT2D eigenvalue weighted by molar-refractivity contribution is 5.54. The van der Waals surface area contributed by atoms with Crippen molar-refractivity contribution in [1.29, 1.82) is 0 Å². The maximum Gasteiger partial charge on any atom is 0.573 e. The fourth-order valence-electron chi connectivity index (χ4n) is 1.16. The van der Waals surface area contributed by atoms with Crippen molar-refractivity contribution in [3.05, 3.63) is 29.8 Å². The molecule has 0 heterocycles. The van der Waals surface area contributed by atoms with Crippen molar-refractivity contribution >= 4 is 6.34 Å². The monoisotopic (exact) mass is 246 g/mol. The molecule has 1 rings (SSSR count). The third kappa shape index (κ3) is 5.24. The normalized spacial score (nSPS) is 11.8. The molecular formula is C11H13F3N2O. The van der Waals surface area contributed by atoms with Gasteiger partial charge in [-0.1, -0.05) is 18.2 Å². The van der Waals surface area contributed by atoms with Crippen molar-refractivity contribution < 1.29 is 17.9 Å². The molecule has 17 heavy (non-hydrogen) atoms. The average molecular weight is 246 g/mol. The summed E-state index contributed by atoms with van der Waals surface area (Å²) in [7, 11) is 3.56. The molecule has 0 bridgehead atoms. The topological polar surface area (TPSA) is 24.8 Å². The second kappa shape index (κ2) is 5.56. The Balaban J connectivity index is 2.78. The standard InChI is InChI=1S/C11H13F3N2O/c1-16(2)8-15-7-9-5-3-4-6-10(9)17-11(12,13)14/h3-6,8H,7H2,1-2H3. The molecule has 0 saturated carbocycles. The zero-order chi connectivity index (χ0) is 12.9. The molecule has 1 aromatic rings. The molecule has 1 aromatic carbocycles. The number of rotatable bonds is 4. The summed E-state index contributed by atoms with van der Waals surface area (Å²) in [6, 6.07) is 5.95. The lowest BCUT2D eigenvalue weighted by atomic mass is 10.2. The minimum atomic E-state index is -4.68. The van der Waals surface area contributed by atoms with Crippen LogP contribution in [-0.4, -0.2) is 31.7 Å². The molecule has 0 aliphatic carbocycles. The van der Waals surface area contributed by atoms with E-state index in [2.05, 4.69) is 9.73 Å². The summed E-state index contributed by atoms with van der Waals surface area (Å²) in [6.07, 6.45) is -3.15. The predicted molar refractivity (Wildman–Crippen MR) is 59.0 cm³/mol. The Kier molecular flexibility index (Phi) is 4.37. The van der Waals surface area contributed by atoms with Crippen LogP contribution in [0.5, 0.6) is 5.75 Å². The van der Waals surface area contributed by atoms with Gasteiger partial charge in [0.1, 0.15) is 5.75 Å². The highest BCUT2D eigenvalue weighted by Gasteiger charge is 2.31. The second-order valence-corrected chi connectivity index (χ2v) is 3.58. The fourth-order valence-corrected chi connectivity index (χ4v) is 1.16. The average Bonchev–Trinajstić information content (AvgIpc) is 2.17. The van der Waals surface area contributed by atoms with Crippen molar-refractivity contribution in [3.8, 4) is 5.75 Å². The number of hydrogen-bond acceptors (Lipinski definition) is 2. The molecule has 0 aliphatic rings. The molecule has 0 radical (unpaired) electrons. The number of alkyl halides is 3. The van der Waals surface area contributed by atoms with Gasteiger partial charge in [0.15, 0.2) is 0 Å². The number of nitrogens with zero attached hydrogens (tertiary/aromatic N) is 2. The van der Waals surface area contributed by atoms with Crippen LogP contribution in [-0.2, 0) is 6.54 Å². The van der Waals surface area contributed by atoms with Gasteiger partial charge in [0.05, 0.1) is 12.9 Å². The van der Waals surface area contributed by atoms with Gasteiger partial charge in [-0.2, -0.15) is 0 Å². The number of benzene rings is 1. The first-order valence-electron chi connectivity index (χ1n) is 4.88. The molecule has 0 N–H and O–H groups in total. The quantitative estimate of drug-likeness (QED) is 0.602. The summed E-state index contributed by atoms with van der Waals surface area (Å²) in [5, 5.41) is 0. The van der Waals surface area contributed by atoms with Crippen molar-refractivity contribution in [2.24, 2.45) is 4.99 Å². The zero-order valence-electron chi connectivity index (χ0n) is 9.53. The molecule has 0 aromatic heterocycles. The highest BCUT2D eigenvalue weighted by Crippen LogP contribution is 2.26. The third-order valence-corrected chi connectivity index (χ3v) is 1.77. The van der Waals surface area contributed by atoms with Crippen LogP contribution in [0.2, 0.25) is 0 Å². The van der Waals surface area contributed by atoms with Crippen LogP contribution in [0.25, 0.3) is 0 Å². The van der Waals surface area contributed by atoms with E-state index in [1.165, 1.54) is 18.5 Å². The van der Waals surface area contributed by atoms with E-state index in [9.17, 15) is 13.2 Å². The maximum absolute atomic E-state index is 12.1. The Labute approximate surface area is 97.5 Å². The molecule has 0 spiro atoms. The molecule has 3 nitrogen and oxygen atoms in total. The summed E-state index contributed by atoms with van der Waals surface area (Å²) in [6.45, 7) is 0.143. The first kappa shape index (κ1) is 13.3. The molecule has 0 amide bonds. The maximum atomic E-state index is 12.1. The van der Waals surface area contributed by atoms with Crippen molar-refractivity contribution in [1.82, 2.24) is 4.90 Å². The van der Waals surface area contributed by atoms with E-state index in [0.717, 1.165) is 0 Å². The Hall–Kier alpha value is -1.72. The van der Waals surface area contributed by atoms with Crippen LogP contribution >= 0.6 is 0 Å². The van der Waals surface area contributed by atoms with Crippen molar-refractivity contribution in [2.75, 3.05) is 14.1 Å². The van der Waals surface area contributed by atoms with Gasteiger partial charge in [-0.3, -0.25) is 4.99 Å². The van der Waals surface area contributed by atoms with E-state index in [1.807, 2.05) is 0 Å². The molecule has 0 saturated heterocycles. The SMILES string of the molecule is CN(C)C=NCc1ccccc1OC(F)(F)F. The third-order valence-electron chi connectivity index (χ3n) is 1.77. The van der Waals surface area contributed by atoms with Crippen LogP contribution in [0.4, 0.5) is 13.2 Å². The number of hydrogen-bond donors (Lipinski definition) is 0. The van der Waals surface area contributed by atoms with E-state index in [-0.39, 0.29) is 12.3 Å². The second-order valence-electron chi connectivity index (χ2n) is 3.58. The largest absolute Gasteiger partial charge is 0.573 e. The zero-order valence-corrected chi connectivity index (χ0v) is 9.53. The van der Waals surface area contributed by atoms with Gasteiger partial charge in [-0.05, 0) is 6.07 Å². The number of para-hydroxylation sites is 1. The lowest BCUT2D eigenvalue weighted by molar-refractivity contribution is -0.274. The summed E-state index contributed by atoms with van der Waals surface area (Å²) >= 11 is 0. The van der Waals surface area contributed by atoms with Crippen molar-refractivity contribution in [2.45, 2.75) is 12.9 Å². The summed E-state index contributed by atoms with van der Waals surface area (Å²) in [5.74, 6) is -0.212. The van der Waals surface area contributed by atoms with E-state index in [4.69, 9.17) is 0 Å². The molecule has 0 atom stereocenters. The first-order valence-corrected chi connectivity index (χ1v) is 4.88. The van der Waals surface area contributed by atoms with E-state index in [1.54, 1.807) is 31.1 Å². The molecule has 94 valence electrons. The first-order chi connectivity index (χ1) is 7.88.